The van der Waals surface area contributed by atoms with E-state index >= 15 is 0 Å². The lowest BCUT2D eigenvalue weighted by Crippen LogP contribution is -2.07. The summed E-state index contributed by atoms with van der Waals surface area (Å²) in [5.41, 5.74) is 5.57. The lowest BCUT2D eigenvalue weighted by molar-refractivity contribution is 0.897. The predicted octanol–water partition coefficient (Wildman–Crippen LogP) is 2.29. The molecule has 0 saturated heterocycles. The number of hydrogen-bond acceptors (Lipinski definition) is 1. The molecule has 0 aromatic heterocycles. The van der Waals surface area contributed by atoms with Crippen molar-refractivity contribution in [2.24, 2.45) is 0 Å². The molecule has 1 nitrogen and oxygen atoms in total. The molecule has 1 heteroatoms. The molecule has 1 aromatic carbocycles. The molecule has 0 amide bonds. The minimum Gasteiger partial charge on any atom is -0.309 e. The molecule has 0 fully saturated rings. The highest BCUT2D eigenvalue weighted by molar-refractivity contribution is 5.71. The van der Waals surface area contributed by atoms with Crippen molar-refractivity contribution in [3.05, 3.63) is 41.0 Å². The van der Waals surface area contributed by atoms with Crippen molar-refractivity contribution in [1.29, 1.82) is 0 Å². The number of hydrogen-bond donors (Lipinski definition) is 1. The highest BCUT2D eigenvalue weighted by Gasteiger charge is 2.08. The van der Waals surface area contributed by atoms with E-state index in [-0.39, 0.29) is 0 Å². The highest BCUT2D eigenvalue weighted by atomic mass is 14.9. The first-order valence-corrected chi connectivity index (χ1v) is 4.75. The van der Waals surface area contributed by atoms with Crippen LogP contribution < -0.4 is 5.32 Å². The van der Waals surface area contributed by atoms with Crippen LogP contribution in [0.4, 0.5) is 0 Å². The summed E-state index contributed by atoms with van der Waals surface area (Å²) in [7, 11) is 0. The van der Waals surface area contributed by atoms with Gasteiger partial charge in [-0.25, -0.2) is 0 Å². The van der Waals surface area contributed by atoms with E-state index in [0.29, 0.717) is 0 Å². The van der Waals surface area contributed by atoms with Gasteiger partial charge in [0.1, 0.15) is 0 Å². The van der Waals surface area contributed by atoms with E-state index in [2.05, 4.69) is 43.4 Å². The molecule has 2 rings (SSSR count). The Morgan fingerprint density at radius 3 is 2.69 bits per heavy atom. The molecule has 1 aliphatic heterocycles. The molecule has 0 bridgehead atoms. The zero-order chi connectivity index (χ0) is 9.26. The van der Waals surface area contributed by atoms with Crippen molar-refractivity contribution in [1.82, 2.24) is 5.32 Å². The monoisotopic (exact) mass is 173 g/mol. The summed E-state index contributed by atoms with van der Waals surface area (Å²) in [6.45, 7) is 6.35. The molecule has 0 saturated carbocycles. The first-order chi connectivity index (χ1) is 6.27. The van der Waals surface area contributed by atoms with Crippen molar-refractivity contribution >= 4 is 5.57 Å². The van der Waals surface area contributed by atoms with Crippen LogP contribution in [0.15, 0.2) is 24.3 Å². The van der Waals surface area contributed by atoms with Crippen LogP contribution in [0.3, 0.4) is 0 Å². The summed E-state index contributed by atoms with van der Waals surface area (Å²) < 4.78 is 0. The van der Waals surface area contributed by atoms with E-state index in [0.717, 1.165) is 13.1 Å². The van der Waals surface area contributed by atoms with Gasteiger partial charge in [0, 0.05) is 13.1 Å². The maximum atomic E-state index is 3.32. The molecule has 0 aliphatic carbocycles. The minimum atomic E-state index is 1.02. The maximum absolute atomic E-state index is 3.32. The Bertz CT molecular complexity index is 350. The van der Waals surface area contributed by atoms with Crippen molar-refractivity contribution in [2.45, 2.75) is 13.8 Å². The van der Waals surface area contributed by atoms with E-state index in [1.165, 1.54) is 22.3 Å². The van der Waals surface area contributed by atoms with Crippen molar-refractivity contribution in [2.75, 3.05) is 13.1 Å². The Morgan fingerprint density at radius 2 is 2.08 bits per heavy atom. The third-order valence-electron chi connectivity index (χ3n) is 2.54. The molecular formula is C12H15N. The van der Waals surface area contributed by atoms with Crippen molar-refractivity contribution in [3.63, 3.8) is 0 Å². The first kappa shape index (κ1) is 8.52. The van der Waals surface area contributed by atoms with Crippen LogP contribution in [0.2, 0.25) is 0 Å². The zero-order valence-corrected chi connectivity index (χ0v) is 8.22. The van der Waals surface area contributed by atoms with Gasteiger partial charge >= 0.3 is 0 Å². The smallest absolute Gasteiger partial charge is 0.0211 e. The van der Waals surface area contributed by atoms with Crippen LogP contribution in [0.1, 0.15) is 16.7 Å². The van der Waals surface area contributed by atoms with Gasteiger partial charge in [-0.1, -0.05) is 29.8 Å². The van der Waals surface area contributed by atoms with Gasteiger partial charge in [-0.2, -0.15) is 0 Å². The standard InChI is InChI=1S/C12H15N/c1-9-3-4-12(10(2)7-9)11-5-6-13-8-11/h3-5,7,13H,6,8H2,1-2H3. The summed E-state index contributed by atoms with van der Waals surface area (Å²) in [5, 5.41) is 3.32. The van der Waals surface area contributed by atoms with Crippen molar-refractivity contribution < 1.29 is 0 Å². The van der Waals surface area contributed by atoms with E-state index in [9.17, 15) is 0 Å². The third-order valence-corrected chi connectivity index (χ3v) is 2.54. The molecule has 1 N–H and O–H groups in total. The minimum absolute atomic E-state index is 1.02. The molecular weight excluding hydrogens is 158 g/mol. The van der Waals surface area contributed by atoms with Crippen LogP contribution in [0.5, 0.6) is 0 Å². The second-order valence-corrected chi connectivity index (χ2v) is 3.68. The largest absolute Gasteiger partial charge is 0.309 e. The fraction of sp³-hybridized carbons (Fsp3) is 0.333. The van der Waals surface area contributed by atoms with Gasteiger partial charge in [-0.15, -0.1) is 0 Å². The topological polar surface area (TPSA) is 12.0 Å². The number of nitrogens with one attached hydrogen (secondary N) is 1. The summed E-state index contributed by atoms with van der Waals surface area (Å²) in [4.78, 5) is 0. The average Bonchev–Trinajstić information content (AvgIpc) is 2.56. The molecule has 0 unspecified atom stereocenters. The maximum Gasteiger partial charge on any atom is 0.0211 e. The molecule has 0 atom stereocenters. The summed E-state index contributed by atoms with van der Waals surface area (Å²) in [6, 6.07) is 6.65. The molecule has 1 aromatic rings. The third kappa shape index (κ3) is 1.65. The zero-order valence-electron chi connectivity index (χ0n) is 8.22. The van der Waals surface area contributed by atoms with E-state index in [4.69, 9.17) is 0 Å². The summed E-state index contributed by atoms with van der Waals surface area (Å²) in [5.74, 6) is 0. The Balaban J connectivity index is 2.40. The van der Waals surface area contributed by atoms with Gasteiger partial charge in [0.05, 0.1) is 0 Å². The van der Waals surface area contributed by atoms with Crippen LogP contribution in [-0.4, -0.2) is 13.1 Å². The predicted molar refractivity (Wildman–Crippen MR) is 56.8 cm³/mol. The fourth-order valence-corrected chi connectivity index (χ4v) is 1.85. The Kier molecular flexibility index (Phi) is 2.19. The summed E-state index contributed by atoms with van der Waals surface area (Å²) >= 11 is 0. The van der Waals surface area contributed by atoms with Crippen LogP contribution in [-0.2, 0) is 0 Å². The number of rotatable bonds is 1. The quantitative estimate of drug-likeness (QED) is 0.687. The molecule has 68 valence electrons. The van der Waals surface area contributed by atoms with Crippen LogP contribution in [0, 0.1) is 13.8 Å². The lowest BCUT2D eigenvalue weighted by atomic mass is 9.99. The molecule has 1 aliphatic rings. The molecule has 1 heterocycles. The van der Waals surface area contributed by atoms with Gasteiger partial charge in [0.15, 0.2) is 0 Å². The normalized spacial score (nSPS) is 16.0. The summed E-state index contributed by atoms with van der Waals surface area (Å²) in [6.07, 6.45) is 2.28. The van der Waals surface area contributed by atoms with Gasteiger partial charge in [0.2, 0.25) is 0 Å². The Morgan fingerprint density at radius 1 is 1.23 bits per heavy atom. The molecule has 0 spiro atoms. The molecule has 13 heavy (non-hydrogen) atoms. The van der Waals surface area contributed by atoms with E-state index in [1.54, 1.807) is 0 Å². The average molecular weight is 173 g/mol. The second kappa shape index (κ2) is 3.35. The van der Waals surface area contributed by atoms with E-state index < -0.39 is 0 Å². The van der Waals surface area contributed by atoms with Gasteiger partial charge < -0.3 is 5.32 Å². The first-order valence-electron chi connectivity index (χ1n) is 4.75. The second-order valence-electron chi connectivity index (χ2n) is 3.68. The van der Waals surface area contributed by atoms with Crippen molar-refractivity contribution in [3.8, 4) is 0 Å². The Hall–Kier alpha value is -1.08. The lowest BCUT2D eigenvalue weighted by Gasteiger charge is -2.07. The van der Waals surface area contributed by atoms with Gasteiger partial charge in [0.25, 0.3) is 0 Å². The van der Waals surface area contributed by atoms with Crippen LogP contribution >= 0.6 is 0 Å². The Labute approximate surface area is 79.5 Å². The molecule has 0 radical (unpaired) electrons. The van der Waals surface area contributed by atoms with Crippen LogP contribution in [0.25, 0.3) is 5.57 Å². The van der Waals surface area contributed by atoms with E-state index in [1.807, 2.05) is 0 Å². The number of benzene rings is 1. The van der Waals surface area contributed by atoms with Gasteiger partial charge in [-0.05, 0) is 30.5 Å². The SMILES string of the molecule is Cc1ccc(C2=CCNC2)c(C)c1. The highest BCUT2D eigenvalue weighted by Crippen LogP contribution is 2.21. The fourth-order valence-electron chi connectivity index (χ4n) is 1.85. The number of aryl methyl sites for hydroxylation is 2. The van der Waals surface area contributed by atoms with Gasteiger partial charge in [-0.3, -0.25) is 0 Å².